The van der Waals surface area contributed by atoms with E-state index in [1.54, 1.807) is 62.1 Å². The molecular formula is C93H75BrN22O4. The Labute approximate surface area is 695 Å². The Kier molecular flexibility index (Phi) is 22.6. The van der Waals surface area contributed by atoms with Crippen LogP contribution in [0.1, 0.15) is 6.92 Å². The van der Waals surface area contributed by atoms with Gasteiger partial charge in [-0.05, 0) is 215 Å². The molecule has 0 aliphatic rings. The molecule has 19 rings (SSSR count). The smallest absolute Gasteiger partial charge is 0.270 e. The fourth-order valence-corrected chi connectivity index (χ4v) is 13.4. The minimum absolute atomic E-state index is 0.0674. The summed E-state index contributed by atoms with van der Waals surface area (Å²) >= 11 is 3.46. The van der Waals surface area contributed by atoms with Crippen molar-refractivity contribution in [2.45, 2.75) is 6.92 Å². The maximum Gasteiger partial charge on any atom is 0.270 e. The summed E-state index contributed by atoms with van der Waals surface area (Å²) in [5.41, 5.74) is 47.4. The second kappa shape index (κ2) is 35.0. The normalized spacial score (nSPS) is 10.9. The molecule has 0 saturated carbocycles. The molecule has 120 heavy (non-hydrogen) atoms. The van der Waals surface area contributed by atoms with Gasteiger partial charge in [-0.15, -0.1) is 0 Å². The van der Waals surface area contributed by atoms with Crippen molar-refractivity contribution >= 4 is 125 Å². The lowest BCUT2D eigenvalue weighted by Crippen LogP contribution is -2.05. The minimum Gasteiger partial charge on any atom is -0.497 e. The van der Waals surface area contributed by atoms with Gasteiger partial charge in [-0.25, -0.2) is 38.0 Å². The van der Waals surface area contributed by atoms with Crippen LogP contribution in [0.5, 0.6) is 5.75 Å². The Balaban J connectivity index is 0.000000120. The predicted octanol–water partition coefficient (Wildman–Crippen LogP) is 20.5. The van der Waals surface area contributed by atoms with Gasteiger partial charge < -0.3 is 54.3 Å². The molecule has 26 nitrogen and oxygen atoms in total. The summed E-state index contributed by atoms with van der Waals surface area (Å²) in [6.45, 7) is 1.50. The molecule has 0 bridgehead atoms. The lowest BCUT2D eigenvalue weighted by atomic mass is 10.0. The van der Waals surface area contributed by atoms with Crippen LogP contribution >= 0.6 is 15.9 Å². The molecule has 13 N–H and O–H groups in total. The van der Waals surface area contributed by atoms with E-state index in [-0.39, 0.29) is 11.6 Å². The molecule has 8 aromatic heterocycles. The number of methoxy groups -OCH3 is 1. The second-order valence-electron chi connectivity index (χ2n) is 27.6. The molecule has 0 aliphatic carbocycles. The zero-order chi connectivity index (χ0) is 82.6. The molecule has 0 saturated heterocycles. The van der Waals surface area contributed by atoms with Crippen molar-refractivity contribution in [1.29, 1.82) is 0 Å². The highest BCUT2D eigenvalue weighted by Crippen LogP contribution is 2.35. The quantitative estimate of drug-likeness (QED) is 0.0219. The molecule has 1 amide bonds. The van der Waals surface area contributed by atoms with Gasteiger partial charge in [-0.2, -0.15) is 20.4 Å². The number of carbonyl (C=O) groups is 1. The first-order chi connectivity index (χ1) is 58.5. The van der Waals surface area contributed by atoms with Gasteiger partial charge in [0.05, 0.1) is 81.7 Å². The number of aromatic nitrogens is 12. The van der Waals surface area contributed by atoms with Gasteiger partial charge in [0, 0.05) is 97.0 Å². The number of benzene rings is 11. The van der Waals surface area contributed by atoms with E-state index in [2.05, 4.69) is 105 Å². The number of anilines is 13. The Morgan fingerprint density at radius 1 is 0.342 bits per heavy atom. The van der Waals surface area contributed by atoms with Gasteiger partial charge >= 0.3 is 0 Å². The van der Waals surface area contributed by atoms with Crippen LogP contribution in [-0.2, 0) is 4.79 Å². The van der Waals surface area contributed by atoms with Crippen LogP contribution in [0.3, 0.4) is 0 Å². The molecule has 588 valence electrons. The number of hydrogen-bond donors (Lipinski definition) is 9. The van der Waals surface area contributed by atoms with E-state index >= 15 is 0 Å². The van der Waals surface area contributed by atoms with E-state index < -0.39 is 4.92 Å². The first kappa shape index (κ1) is 77.4. The number of non-ortho nitro benzene ring substituents is 1. The van der Waals surface area contributed by atoms with Crippen molar-refractivity contribution in [3.05, 3.63) is 355 Å². The van der Waals surface area contributed by atoms with E-state index in [1.165, 1.54) is 13.0 Å². The number of halogens is 1. The standard InChI is InChI=1S/C26H22N6O.C25H21N5O.C24H18N6O2.C18H14BrN5/c1-17(33)29-23-4-2-3-20(15-23)18-5-7-19(8-6-18)25-16-24-13-14-28-32(24)26(31-25)30-22-11-9-21(27)10-12-22;1-31-23-4-2-3-19(15-23)17-5-7-18(8-6-17)24-16-22-13-14-27-30(22)25(29-24)28-21-11-9-20(26)10-12-21;25-19-8-10-20(11-9-19)27-24-28-23(15-21-12-13-26-29(21)24)17-6-4-16(5-7-17)18-2-1-3-22(14-18)30(31)32;19-13-3-1-12(2-4-13)17-11-16-9-10-21-24(16)18(23-17)22-15-7-5-14(20)6-8-15/h2-16H,27H2,1H3,(H,29,33)(H,30,31);2-16H,26H2,1H3,(H,28,29);1-15H,25H2,(H,27,28);1-11H,20H2,(H,22,23). The molecule has 0 radical (unpaired) electrons. The van der Waals surface area contributed by atoms with Crippen molar-refractivity contribution < 1.29 is 14.5 Å². The number of nitrogen functional groups attached to an aromatic ring is 4. The number of ether oxygens (including phenoxy) is 1. The van der Waals surface area contributed by atoms with Crippen LogP contribution in [0.25, 0.3) is 100 Å². The molecule has 0 aliphatic heterocycles. The van der Waals surface area contributed by atoms with E-state index in [0.717, 1.165) is 145 Å². The van der Waals surface area contributed by atoms with Crippen LogP contribution in [0, 0.1) is 10.1 Å². The van der Waals surface area contributed by atoms with Crippen LogP contribution in [0.2, 0.25) is 0 Å². The minimum atomic E-state index is -0.391. The van der Waals surface area contributed by atoms with Crippen molar-refractivity contribution in [3.8, 4) is 84.2 Å². The first-order valence-corrected chi connectivity index (χ1v) is 38.5. The number of hydrogen-bond acceptors (Lipinski definition) is 20. The second-order valence-corrected chi connectivity index (χ2v) is 28.5. The third kappa shape index (κ3) is 18.5. The third-order valence-electron chi connectivity index (χ3n) is 19.2. The van der Waals surface area contributed by atoms with Gasteiger partial charge in [0.15, 0.2) is 0 Å². The van der Waals surface area contributed by atoms with Crippen molar-refractivity contribution in [3.63, 3.8) is 0 Å². The summed E-state index contributed by atoms with van der Waals surface area (Å²) in [4.78, 5) is 41.2. The lowest BCUT2D eigenvalue weighted by Gasteiger charge is -2.11. The number of amides is 1. The van der Waals surface area contributed by atoms with Crippen LogP contribution in [-0.4, -0.2) is 76.3 Å². The molecule has 0 spiro atoms. The number of nitrogens with zero attached hydrogens (tertiary/aromatic N) is 13. The summed E-state index contributed by atoms with van der Waals surface area (Å²) in [6, 6.07) is 101. The molecule has 27 heteroatoms. The molecule has 0 unspecified atom stereocenters. The summed E-state index contributed by atoms with van der Waals surface area (Å²) in [7, 11) is 1.68. The van der Waals surface area contributed by atoms with Gasteiger partial charge in [-0.3, -0.25) is 14.9 Å². The van der Waals surface area contributed by atoms with Crippen molar-refractivity contribution in [2.75, 3.05) is 56.6 Å². The van der Waals surface area contributed by atoms with Crippen LogP contribution in [0.15, 0.2) is 345 Å². The molecular weight excluding hydrogens is 1570 g/mol. The van der Waals surface area contributed by atoms with Gasteiger partial charge in [0.25, 0.3) is 5.69 Å². The number of carbonyl (C=O) groups excluding carboxylic acids is 1. The number of rotatable bonds is 18. The lowest BCUT2D eigenvalue weighted by molar-refractivity contribution is -0.384. The summed E-state index contributed by atoms with van der Waals surface area (Å²) in [5.74, 6) is 3.23. The van der Waals surface area contributed by atoms with Gasteiger partial charge in [0.1, 0.15) is 5.75 Å². The largest absolute Gasteiger partial charge is 0.497 e. The van der Waals surface area contributed by atoms with E-state index in [1.807, 2.05) is 255 Å². The Morgan fingerprint density at radius 3 is 0.950 bits per heavy atom. The van der Waals surface area contributed by atoms with Gasteiger partial charge in [0.2, 0.25) is 29.7 Å². The summed E-state index contributed by atoms with van der Waals surface area (Å²) in [5, 5.41) is 44.6. The molecule has 11 aromatic carbocycles. The number of nitro groups is 1. The zero-order valence-electron chi connectivity index (χ0n) is 64.5. The van der Waals surface area contributed by atoms with Crippen LogP contribution in [0.4, 0.5) is 80.7 Å². The van der Waals surface area contributed by atoms with E-state index in [4.69, 9.17) is 47.6 Å². The monoisotopic (exact) mass is 1640 g/mol. The molecule has 0 fully saturated rings. The van der Waals surface area contributed by atoms with E-state index in [9.17, 15) is 14.9 Å². The zero-order valence-corrected chi connectivity index (χ0v) is 66.1. The third-order valence-corrected chi connectivity index (χ3v) is 19.7. The van der Waals surface area contributed by atoms with E-state index in [0.29, 0.717) is 40.9 Å². The van der Waals surface area contributed by atoms with Crippen LogP contribution < -0.4 is 54.3 Å². The van der Waals surface area contributed by atoms with Crippen molar-refractivity contribution in [2.24, 2.45) is 0 Å². The number of fused-ring (bicyclic) bond motifs is 4. The molecule has 8 heterocycles. The first-order valence-electron chi connectivity index (χ1n) is 37.7. The average molecular weight is 1640 g/mol. The molecule has 19 aromatic rings. The Bertz CT molecular complexity index is 6840. The summed E-state index contributed by atoms with van der Waals surface area (Å²) < 4.78 is 13.4. The SMILES string of the molecule is CC(=O)Nc1cccc(-c2ccc(-c3cc4ccnn4c(Nc4ccc(N)cc4)n3)cc2)c1.COc1cccc(-c2ccc(-c3cc4ccnn4c(Nc4ccc(N)cc4)n3)cc2)c1.Nc1ccc(Nc2nc(-c3ccc(-c4cccc([N+](=O)[O-])c4)cc3)cc3ccnn23)cc1.Nc1ccc(Nc2nc(-c3ccc(Br)cc3)cc3ccnn23)cc1. The maximum absolute atomic E-state index is 11.4. The number of nitrogens with two attached hydrogens (primary N) is 4. The fraction of sp³-hybridized carbons (Fsp3) is 0.0215. The fourth-order valence-electron chi connectivity index (χ4n) is 13.1. The topological polar surface area (TPSA) is 354 Å². The van der Waals surface area contributed by atoms with Crippen molar-refractivity contribution in [1.82, 2.24) is 58.4 Å². The highest BCUT2D eigenvalue weighted by molar-refractivity contribution is 9.10. The Morgan fingerprint density at radius 2 is 0.633 bits per heavy atom. The maximum atomic E-state index is 11.4. The van der Waals surface area contributed by atoms with Gasteiger partial charge in [-0.1, -0.05) is 137 Å². The predicted molar refractivity (Wildman–Crippen MR) is 482 cm³/mol. The number of nitro benzene ring substituents is 1. The molecule has 0 atom stereocenters. The highest BCUT2D eigenvalue weighted by Gasteiger charge is 2.17. The summed E-state index contributed by atoms with van der Waals surface area (Å²) in [6.07, 6.45) is 7.00. The highest BCUT2D eigenvalue weighted by atomic mass is 79.9. The Hall–Kier alpha value is -16.6. The number of nitrogens with one attached hydrogen (secondary N) is 5. The average Bonchev–Trinajstić information content (AvgIpc) is 1.58.